The Bertz CT molecular complexity index is 773. The molecule has 3 heterocycles. The first-order valence-electron chi connectivity index (χ1n) is 9.38. The number of fused-ring (bicyclic) bond motifs is 1. The molecule has 4 rings (SSSR count). The molecular formula is C21H26N4. The average Bonchev–Trinajstić information content (AvgIpc) is 3.17. The second-order valence-electron chi connectivity index (χ2n) is 7.19. The van der Waals surface area contributed by atoms with Gasteiger partial charge in [-0.05, 0) is 49.8 Å². The van der Waals surface area contributed by atoms with Gasteiger partial charge in [-0.1, -0.05) is 25.0 Å². The largest absolute Gasteiger partial charge is 0.367 e. The summed E-state index contributed by atoms with van der Waals surface area (Å²) in [7, 11) is 0. The molecule has 25 heavy (non-hydrogen) atoms. The first-order valence-corrected chi connectivity index (χ1v) is 9.38. The predicted octanol–water partition coefficient (Wildman–Crippen LogP) is 4.94. The number of rotatable bonds is 4. The molecule has 2 aromatic rings. The summed E-state index contributed by atoms with van der Waals surface area (Å²) < 4.78 is 0. The number of hydrogen-bond donors (Lipinski definition) is 1. The van der Waals surface area contributed by atoms with Crippen molar-refractivity contribution >= 4 is 23.4 Å². The van der Waals surface area contributed by atoms with Gasteiger partial charge in [0.15, 0.2) is 0 Å². The van der Waals surface area contributed by atoms with Gasteiger partial charge in [0, 0.05) is 42.8 Å². The van der Waals surface area contributed by atoms with E-state index >= 15 is 0 Å². The second kappa shape index (κ2) is 6.87. The summed E-state index contributed by atoms with van der Waals surface area (Å²) in [4.78, 5) is 11.5. The Morgan fingerprint density at radius 2 is 1.92 bits per heavy atom. The minimum atomic E-state index is 0.775. The monoisotopic (exact) mass is 334 g/mol. The Kier molecular flexibility index (Phi) is 4.43. The van der Waals surface area contributed by atoms with Gasteiger partial charge in [0.2, 0.25) is 0 Å². The Labute approximate surface area is 150 Å². The van der Waals surface area contributed by atoms with E-state index in [-0.39, 0.29) is 0 Å². The molecule has 0 radical (unpaired) electrons. The van der Waals surface area contributed by atoms with Crippen LogP contribution < -0.4 is 10.2 Å². The summed E-state index contributed by atoms with van der Waals surface area (Å²) in [5, 5.41) is 3.32. The van der Waals surface area contributed by atoms with Crippen LogP contribution in [-0.2, 0) is 0 Å². The zero-order valence-electron chi connectivity index (χ0n) is 15.1. The molecule has 1 N–H and O–H groups in total. The van der Waals surface area contributed by atoms with Crippen LogP contribution in [0.15, 0.2) is 36.2 Å². The summed E-state index contributed by atoms with van der Waals surface area (Å²) in [6, 6.07) is 6.21. The van der Waals surface area contributed by atoms with Gasteiger partial charge in [-0.25, -0.2) is 9.97 Å². The Morgan fingerprint density at radius 3 is 2.64 bits per heavy atom. The Hall–Kier alpha value is -2.36. The van der Waals surface area contributed by atoms with Crippen molar-refractivity contribution in [1.29, 1.82) is 0 Å². The van der Waals surface area contributed by atoms with E-state index in [9.17, 15) is 0 Å². The molecule has 0 unspecified atom stereocenters. The molecule has 0 amide bonds. The summed E-state index contributed by atoms with van der Waals surface area (Å²) in [5.74, 6) is 2.46. The predicted molar refractivity (Wildman–Crippen MR) is 104 cm³/mol. The first-order chi connectivity index (χ1) is 12.2. The lowest BCUT2D eigenvalue weighted by Crippen LogP contribution is -2.30. The van der Waals surface area contributed by atoms with Crippen molar-refractivity contribution in [1.82, 2.24) is 9.97 Å². The smallest absolute Gasteiger partial charge is 0.133 e. The molecule has 2 aromatic heterocycles. The van der Waals surface area contributed by atoms with Crippen molar-refractivity contribution in [2.24, 2.45) is 5.92 Å². The molecule has 4 heteroatoms. The van der Waals surface area contributed by atoms with Crippen LogP contribution in [0.5, 0.6) is 0 Å². The fourth-order valence-corrected chi connectivity index (χ4v) is 3.96. The number of hydrogen-bond acceptors (Lipinski definition) is 4. The topological polar surface area (TPSA) is 41.1 Å². The van der Waals surface area contributed by atoms with Crippen LogP contribution in [0.3, 0.4) is 0 Å². The summed E-state index contributed by atoms with van der Waals surface area (Å²) in [6.45, 7) is 6.35. The van der Waals surface area contributed by atoms with Gasteiger partial charge in [-0.3, -0.25) is 0 Å². The highest BCUT2D eigenvalue weighted by atomic mass is 15.1. The number of nitrogens with zero attached hydrogens (tertiary/aromatic N) is 3. The van der Waals surface area contributed by atoms with E-state index in [4.69, 9.17) is 0 Å². The number of nitrogens with one attached hydrogen (secondary N) is 1. The van der Waals surface area contributed by atoms with Crippen LogP contribution in [0.2, 0.25) is 0 Å². The van der Waals surface area contributed by atoms with Gasteiger partial charge in [0.05, 0.1) is 0 Å². The summed E-state index contributed by atoms with van der Waals surface area (Å²) >= 11 is 0. The maximum Gasteiger partial charge on any atom is 0.133 e. The third-order valence-corrected chi connectivity index (χ3v) is 5.40. The van der Waals surface area contributed by atoms with Crippen LogP contribution in [0.25, 0.3) is 6.08 Å². The lowest BCUT2D eigenvalue weighted by Gasteiger charge is -2.32. The maximum absolute atomic E-state index is 4.62. The number of aryl methyl sites for hydroxylation is 1. The van der Waals surface area contributed by atoms with Crippen molar-refractivity contribution in [3.8, 4) is 0 Å². The average molecular weight is 334 g/mol. The third kappa shape index (κ3) is 3.39. The van der Waals surface area contributed by atoms with Crippen LogP contribution in [-0.4, -0.2) is 23.1 Å². The van der Waals surface area contributed by atoms with Crippen LogP contribution in [0.4, 0.5) is 17.3 Å². The molecule has 0 aromatic carbocycles. The first kappa shape index (κ1) is 16.1. The lowest BCUT2D eigenvalue weighted by atomic mass is 9.92. The Morgan fingerprint density at radius 1 is 1.12 bits per heavy atom. The van der Waals surface area contributed by atoms with E-state index in [0.717, 1.165) is 36.2 Å². The molecule has 1 saturated carbocycles. The fourth-order valence-electron chi connectivity index (χ4n) is 3.96. The highest BCUT2D eigenvalue weighted by molar-refractivity contribution is 5.76. The van der Waals surface area contributed by atoms with Crippen LogP contribution in [0.1, 0.15) is 43.7 Å². The highest BCUT2D eigenvalue weighted by Gasteiger charge is 2.25. The summed E-state index contributed by atoms with van der Waals surface area (Å²) in [6.07, 6.45) is 11.7. The van der Waals surface area contributed by atoms with Crippen LogP contribution >= 0.6 is 0 Å². The van der Waals surface area contributed by atoms with Crippen molar-refractivity contribution in [2.45, 2.75) is 39.5 Å². The van der Waals surface area contributed by atoms with Gasteiger partial charge >= 0.3 is 0 Å². The normalized spacial score (nSPS) is 17.4. The molecule has 0 bridgehead atoms. The molecule has 0 saturated heterocycles. The minimum Gasteiger partial charge on any atom is -0.367 e. The molecule has 130 valence electrons. The van der Waals surface area contributed by atoms with Gasteiger partial charge in [-0.15, -0.1) is 0 Å². The number of aromatic nitrogens is 2. The van der Waals surface area contributed by atoms with Gasteiger partial charge in [0.25, 0.3) is 0 Å². The lowest BCUT2D eigenvalue weighted by molar-refractivity contribution is 0.620. The van der Waals surface area contributed by atoms with E-state index in [1.165, 1.54) is 36.9 Å². The van der Waals surface area contributed by atoms with E-state index < -0.39 is 0 Å². The van der Waals surface area contributed by atoms with E-state index in [1.807, 2.05) is 25.4 Å². The number of pyridine rings is 2. The highest BCUT2D eigenvalue weighted by Crippen LogP contribution is 2.38. The molecule has 1 fully saturated rings. The molecule has 1 aliphatic carbocycles. The van der Waals surface area contributed by atoms with Crippen molar-refractivity contribution < 1.29 is 0 Å². The second-order valence-corrected chi connectivity index (χ2v) is 7.19. The Balaban J connectivity index is 1.61. The van der Waals surface area contributed by atoms with E-state index in [0.29, 0.717) is 0 Å². The SMILES string of the molecule is CCN1CC(C2CCCC2)=Cc2cnc(Nc3ccc(C)cn3)cc21. The molecule has 0 atom stereocenters. The van der Waals surface area contributed by atoms with E-state index in [2.05, 4.69) is 45.3 Å². The van der Waals surface area contributed by atoms with Crippen LogP contribution in [0, 0.1) is 12.8 Å². The summed E-state index contributed by atoms with van der Waals surface area (Å²) in [5.41, 5.74) is 5.27. The zero-order chi connectivity index (χ0) is 17.2. The van der Waals surface area contributed by atoms with Crippen molar-refractivity contribution in [3.05, 3.63) is 47.3 Å². The standard InChI is InChI=1S/C21H26N4/c1-3-25-14-18(16-6-4-5-7-16)10-17-13-23-21(11-19(17)25)24-20-9-8-15(2)12-22-20/h8-13,16H,3-7,14H2,1-2H3,(H,22,23,24). The maximum atomic E-state index is 4.62. The number of likely N-dealkylation sites (N-methyl/N-ethyl adjacent to an activating group) is 1. The van der Waals surface area contributed by atoms with Crippen molar-refractivity contribution in [2.75, 3.05) is 23.3 Å². The molecule has 2 aliphatic rings. The fraction of sp³-hybridized carbons (Fsp3) is 0.429. The minimum absolute atomic E-state index is 0.775. The molecular weight excluding hydrogens is 308 g/mol. The molecule has 1 aliphatic heterocycles. The van der Waals surface area contributed by atoms with Gasteiger partial charge in [-0.2, -0.15) is 0 Å². The van der Waals surface area contributed by atoms with Gasteiger partial charge in [0.1, 0.15) is 11.6 Å². The molecule has 0 spiro atoms. The third-order valence-electron chi connectivity index (χ3n) is 5.40. The van der Waals surface area contributed by atoms with E-state index in [1.54, 1.807) is 5.57 Å². The van der Waals surface area contributed by atoms with Gasteiger partial charge < -0.3 is 10.2 Å². The quantitative estimate of drug-likeness (QED) is 0.859. The number of anilines is 3. The zero-order valence-corrected chi connectivity index (χ0v) is 15.1. The van der Waals surface area contributed by atoms with Crippen molar-refractivity contribution in [3.63, 3.8) is 0 Å². The molecule has 4 nitrogen and oxygen atoms in total.